The number of nitrogens with two attached hydrogens (primary N) is 1. The van der Waals surface area contributed by atoms with Gasteiger partial charge in [0.2, 0.25) is 0 Å². The Kier molecular flexibility index (Phi) is 3.08. The number of carbonyl (C=O) groups excluding carboxylic acids is 1. The van der Waals surface area contributed by atoms with Gasteiger partial charge in [0.05, 0.1) is 5.69 Å². The number of hydrogen-bond acceptors (Lipinski definition) is 4. The van der Waals surface area contributed by atoms with E-state index in [1.807, 2.05) is 5.38 Å². The van der Waals surface area contributed by atoms with Crippen LogP contribution < -0.4 is 16.4 Å². The molecule has 1 aliphatic rings. The molecular weight excluding hydrogens is 260 g/mol. The number of aromatic nitrogens is 1. The van der Waals surface area contributed by atoms with E-state index in [1.54, 1.807) is 24.3 Å². The Balaban J connectivity index is 1.59. The fourth-order valence-corrected chi connectivity index (χ4v) is 2.52. The summed E-state index contributed by atoms with van der Waals surface area (Å²) >= 11 is 1.46. The second-order valence-corrected chi connectivity index (χ2v) is 5.41. The van der Waals surface area contributed by atoms with Crippen molar-refractivity contribution in [2.45, 2.75) is 18.8 Å². The molecule has 4 N–H and O–H groups in total. The molecule has 2 aromatic rings. The van der Waals surface area contributed by atoms with Gasteiger partial charge in [0.25, 0.3) is 0 Å². The molecule has 1 aromatic heterocycles. The van der Waals surface area contributed by atoms with Crippen LogP contribution in [0.5, 0.6) is 0 Å². The maximum atomic E-state index is 11.8. The normalized spacial score (nSPS) is 14.1. The number of benzene rings is 1. The predicted molar refractivity (Wildman–Crippen MR) is 77.6 cm³/mol. The zero-order valence-corrected chi connectivity index (χ0v) is 11.0. The van der Waals surface area contributed by atoms with Crippen LogP contribution >= 0.6 is 11.3 Å². The summed E-state index contributed by atoms with van der Waals surface area (Å²) in [6.07, 6.45) is 2.42. The fraction of sp³-hybridized carbons (Fsp3) is 0.231. The van der Waals surface area contributed by atoms with E-state index in [-0.39, 0.29) is 6.03 Å². The first-order chi connectivity index (χ1) is 9.20. The molecule has 1 aromatic carbocycles. The summed E-state index contributed by atoms with van der Waals surface area (Å²) in [6, 6.07) is 6.70. The number of thiazole rings is 1. The van der Waals surface area contributed by atoms with Gasteiger partial charge in [-0.1, -0.05) is 0 Å². The highest BCUT2D eigenvalue weighted by Gasteiger charge is 2.26. The van der Waals surface area contributed by atoms with Crippen LogP contribution in [-0.4, -0.2) is 11.0 Å². The zero-order chi connectivity index (χ0) is 13.2. The van der Waals surface area contributed by atoms with E-state index in [9.17, 15) is 4.79 Å². The molecule has 0 bridgehead atoms. The molecule has 1 aliphatic carbocycles. The Bertz CT molecular complexity index is 589. The van der Waals surface area contributed by atoms with Crippen molar-refractivity contribution in [1.29, 1.82) is 0 Å². The summed E-state index contributed by atoms with van der Waals surface area (Å²) < 4.78 is 0. The Hall–Kier alpha value is -2.08. The van der Waals surface area contributed by atoms with Crippen LogP contribution in [0.1, 0.15) is 24.5 Å². The van der Waals surface area contributed by atoms with Crippen molar-refractivity contribution in [1.82, 2.24) is 4.98 Å². The molecule has 0 unspecified atom stereocenters. The molecule has 0 saturated heterocycles. The van der Waals surface area contributed by atoms with Gasteiger partial charge in [-0.05, 0) is 37.1 Å². The Morgan fingerprint density at radius 1 is 1.26 bits per heavy atom. The van der Waals surface area contributed by atoms with Crippen LogP contribution in [0.3, 0.4) is 0 Å². The maximum Gasteiger partial charge on any atom is 0.325 e. The van der Waals surface area contributed by atoms with Crippen molar-refractivity contribution in [3.05, 3.63) is 35.3 Å². The molecular formula is C13H14N4OS. The molecule has 3 rings (SSSR count). The molecule has 6 heteroatoms. The lowest BCUT2D eigenvalue weighted by atomic mass is 10.3. The largest absolute Gasteiger partial charge is 0.399 e. The second-order valence-electron chi connectivity index (χ2n) is 4.55. The third kappa shape index (κ3) is 3.03. The summed E-state index contributed by atoms with van der Waals surface area (Å²) in [6.45, 7) is 0. The summed E-state index contributed by atoms with van der Waals surface area (Å²) in [5.74, 6) is 0.604. The molecule has 0 radical (unpaired) electrons. The summed E-state index contributed by atoms with van der Waals surface area (Å²) in [5.41, 5.74) is 8.04. The van der Waals surface area contributed by atoms with Crippen LogP contribution in [0.25, 0.3) is 0 Å². The number of amides is 2. The standard InChI is InChI=1S/C13H14N4OS/c14-9-3-5-10(6-4-9)15-12(18)17-13-16-11(7-19-13)8-1-2-8/h3-8H,1-2,14H2,(H2,15,16,17,18). The van der Waals surface area contributed by atoms with E-state index in [0.717, 1.165) is 5.69 Å². The quantitative estimate of drug-likeness (QED) is 0.752. The van der Waals surface area contributed by atoms with Crippen molar-refractivity contribution in [3.8, 4) is 0 Å². The van der Waals surface area contributed by atoms with Gasteiger partial charge in [-0.3, -0.25) is 5.32 Å². The molecule has 98 valence electrons. The summed E-state index contributed by atoms with van der Waals surface area (Å²) in [4.78, 5) is 16.2. The number of rotatable bonds is 3. The summed E-state index contributed by atoms with van der Waals surface area (Å²) in [7, 11) is 0. The van der Waals surface area contributed by atoms with Crippen molar-refractivity contribution in [2.75, 3.05) is 16.4 Å². The third-order valence-electron chi connectivity index (χ3n) is 2.91. The monoisotopic (exact) mass is 274 g/mol. The molecule has 0 spiro atoms. The number of carbonyl (C=O) groups is 1. The maximum absolute atomic E-state index is 11.8. The van der Waals surface area contributed by atoms with Crippen LogP contribution in [0.4, 0.5) is 21.3 Å². The van der Waals surface area contributed by atoms with E-state index in [4.69, 9.17) is 5.73 Å². The van der Waals surface area contributed by atoms with Gasteiger partial charge in [0, 0.05) is 22.7 Å². The third-order valence-corrected chi connectivity index (χ3v) is 3.68. The molecule has 1 fully saturated rings. The van der Waals surface area contributed by atoms with E-state index >= 15 is 0 Å². The average Bonchev–Trinajstić information content (AvgIpc) is 3.14. The highest BCUT2D eigenvalue weighted by Crippen LogP contribution is 2.40. The van der Waals surface area contributed by atoms with Gasteiger partial charge in [0.1, 0.15) is 0 Å². The topological polar surface area (TPSA) is 80.0 Å². The fourth-order valence-electron chi connectivity index (χ4n) is 1.74. The number of hydrogen-bond donors (Lipinski definition) is 3. The zero-order valence-electron chi connectivity index (χ0n) is 10.2. The number of urea groups is 1. The predicted octanol–water partition coefficient (Wildman–Crippen LogP) is 3.25. The molecule has 2 amide bonds. The van der Waals surface area contributed by atoms with Crippen molar-refractivity contribution >= 4 is 33.9 Å². The first kappa shape index (κ1) is 12.0. The lowest BCUT2D eigenvalue weighted by Gasteiger charge is -2.05. The van der Waals surface area contributed by atoms with Crippen LogP contribution in [-0.2, 0) is 0 Å². The minimum absolute atomic E-state index is 0.290. The molecule has 0 atom stereocenters. The Morgan fingerprint density at radius 2 is 2.00 bits per heavy atom. The average molecular weight is 274 g/mol. The van der Waals surface area contributed by atoms with Crippen LogP contribution in [0.15, 0.2) is 29.6 Å². The Labute approximate surface area is 114 Å². The minimum atomic E-state index is -0.290. The first-order valence-corrected chi connectivity index (χ1v) is 6.97. The van der Waals surface area contributed by atoms with Crippen LogP contribution in [0.2, 0.25) is 0 Å². The Morgan fingerprint density at radius 3 is 2.68 bits per heavy atom. The number of anilines is 3. The first-order valence-electron chi connectivity index (χ1n) is 6.10. The molecule has 1 saturated carbocycles. The van der Waals surface area contributed by atoms with Crippen molar-refractivity contribution < 1.29 is 4.79 Å². The van der Waals surface area contributed by atoms with E-state index < -0.39 is 0 Å². The van der Waals surface area contributed by atoms with Crippen molar-refractivity contribution in [2.24, 2.45) is 0 Å². The molecule has 0 aliphatic heterocycles. The molecule has 5 nitrogen and oxygen atoms in total. The number of nitrogens with zero attached hydrogens (tertiary/aromatic N) is 1. The lowest BCUT2D eigenvalue weighted by molar-refractivity contribution is 0.262. The SMILES string of the molecule is Nc1ccc(NC(=O)Nc2nc(C3CC3)cs2)cc1. The summed E-state index contributed by atoms with van der Waals surface area (Å²) in [5, 5.41) is 8.11. The highest BCUT2D eigenvalue weighted by atomic mass is 32.1. The molecule has 1 heterocycles. The second kappa shape index (κ2) is 4.89. The lowest BCUT2D eigenvalue weighted by Crippen LogP contribution is -2.19. The van der Waals surface area contributed by atoms with Crippen LogP contribution in [0, 0.1) is 0 Å². The van der Waals surface area contributed by atoms with Gasteiger partial charge in [-0.15, -0.1) is 11.3 Å². The van der Waals surface area contributed by atoms with Crippen molar-refractivity contribution in [3.63, 3.8) is 0 Å². The van der Waals surface area contributed by atoms with Gasteiger partial charge in [0.15, 0.2) is 5.13 Å². The van der Waals surface area contributed by atoms with Gasteiger partial charge < -0.3 is 11.1 Å². The highest BCUT2D eigenvalue weighted by molar-refractivity contribution is 7.14. The minimum Gasteiger partial charge on any atom is -0.399 e. The smallest absolute Gasteiger partial charge is 0.325 e. The van der Waals surface area contributed by atoms with E-state index in [0.29, 0.717) is 22.4 Å². The van der Waals surface area contributed by atoms with Gasteiger partial charge in [-0.25, -0.2) is 9.78 Å². The molecule has 19 heavy (non-hydrogen) atoms. The van der Waals surface area contributed by atoms with Gasteiger partial charge in [-0.2, -0.15) is 0 Å². The van der Waals surface area contributed by atoms with Gasteiger partial charge >= 0.3 is 6.03 Å². The number of nitrogen functional groups attached to an aromatic ring is 1. The van der Waals surface area contributed by atoms with E-state index in [1.165, 1.54) is 24.2 Å². The number of nitrogens with one attached hydrogen (secondary N) is 2. The van der Waals surface area contributed by atoms with E-state index in [2.05, 4.69) is 15.6 Å².